The highest BCUT2D eigenvalue weighted by molar-refractivity contribution is 7.90. The van der Waals surface area contributed by atoms with Gasteiger partial charge in [-0.2, -0.15) is 0 Å². The van der Waals surface area contributed by atoms with Crippen LogP contribution in [0.25, 0.3) is 0 Å². The number of hydrogen-bond acceptors (Lipinski definition) is 6. The topological polar surface area (TPSA) is 90.9 Å². The van der Waals surface area contributed by atoms with Crippen molar-refractivity contribution in [2.75, 3.05) is 14.2 Å². The van der Waals surface area contributed by atoms with E-state index in [0.717, 1.165) is 0 Å². The zero-order valence-corrected chi connectivity index (χ0v) is 13.3. The van der Waals surface area contributed by atoms with Crippen LogP contribution in [0.15, 0.2) is 53.4 Å². The molecule has 0 aliphatic carbocycles. The molecule has 8 heteroatoms. The predicted molar refractivity (Wildman–Crippen MR) is 82.3 cm³/mol. The summed E-state index contributed by atoms with van der Waals surface area (Å²) in [7, 11) is -1.46. The minimum absolute atomic E-state index is 0.0748. The van der Waals surface area contributed by atoms with Crippen molar-refractivity contribution in [3.8, 4) is 17.2 Å². The predicted octanol–water partition coefficient (Wildman–Crippen LogP) is 2.18. The molecule has 122 valence electrons. The third-order valence-electron chi connectivity index (χ3n) is 2.83. The van der Waals surface area contributed by atoms with Crippen LogP contribution in [0.1, 0.15) is 0 Å². The van der Waals surface area contributed by atoms with Crippen LogP contribution in [-0.2, 0) is 10.0 Å². The van der Waals surface area contributed by atoms with Gasteiger partial charge >= 0.3 is 6.09 Å². The molecule has 0 atom stereocenters. The first kappa shape index (κ1) is 16.6. The Morgan fingerprint density at radius 3 is 2.26 bits per heavy atom. The second kappa shape index (κ2) is 7.01. The van der Waals surface area contributed by atoms with Crippen molar-refractivity contribution in [2.45, 2.75) is 4.90 Å². The van der Waals surface area contributed by atoms with Crippen LogP contribution in [0.4, 0.5) is 4.79 Å². The molecular formula is C15H15NO6S. The van der Waals surface area contributed by atoms with Gasteiger partial charge in [-0.25, -0.2) is 17.9 Å². The first-order chi connectivity index (χ1) is 11.0. The fraction of sp³-hybridized carbons (Fsp3) is 0.133. The number of sulfonamides is 1. The number of rotatable bonds is 5. The maximum Gasteiger partial charge on any atom is 0.426 e. The van der Waals surface area contributed by atoms with E-state index in [4.69, 9.17) is 14.2 Å². The van der Waals surface area contributed by atoms with E-state index in [1.165, 1.54) is 38.5 Å². The summed E-state index contributed by atoms with van der Waals surface area (Å²) in [5.74, 6) is 0.603. The Morgan fingerprint density at radius 2 is 1.65 bits per heavy atom. The minimum atomic E-state index is -4.18. The van der Waals surface area contributed by atoms with E-state index in [1.54, 1.807) is 24.3 Å². The summed E-state index contributed by atoms with van der Waals surface area (Å²) in [6, 6.07) is 12.3. The van der Waals surface area contributed by atoms with Crippen molar-refractivity contribution >= 4 is 16.1 Å². The first-order valence-corrected chi connectivity index (χ1v) is 7.96. The lowest BCUT2D eigenvalue weighted by atomic mass is 10.3. The molecule has 0 fully saturated rings. The summed E-state index contributed by atoms with van der Waals surface area (Å²) in [5.41, 5.74) is 0. The Morgan fingerprint density at radius 1 is 0.957 bits per heavy atom. The van der Waals surface area contributed by atoms with E-state index in [2.05, 4.69) is 0 Å². The molecule has 7 nitrogen and oxygen atoms in total. The third-order valence-corrected chi connectivity index (χ3v) is 4.17. The van der Waals surface area contributed by atoms with E-state index in [9.17, 15) is 13.2 Å². The monoisotopic (exact) mass is 337 g/mol. The van der Waals surface area contributed by atoms with E-state index in [-0.39, 0.29) is 16.4 Å². The van der Waals surface area contributed by atoms with Crippen molar-refractivity contribution in [1.82, 2.24) is 4.72 Å². The summed E-state index contributed by atoms with van der Waals surface area (Å²) >= 11 is 0. The number of carbonyl (C=O) groups is 1. The third kappa shape index (κ3) is 4.13. The number of para-hydroxylation sites is 1. The second-order valence-corrected chi connectivity index (χ2v) is 5.98. The van der Waals surface area contributed by atoms with Crippen LogP contribution in [0.3, 0.4) is 0 Å². The number of nitrogens with one attached hydrogen (secondary N) is 1. The van der Waals surface area contributed by atoms with Gasteiger partial charge in [0.05, 0.1) is 14.2 Å². The van der Waals surface area contributed by atoms with Crippen molar-refractivity contribution in [2.24, 2.45) is 0 Å². The van der Waals surface area contributed by atoms with Gasteiger partial charge in [0.2, 0.25) is 0 Å². The molecule has 2 rings (SSSR count). The van der Waals surface area contributed by atoms with Crippen LogP contribution < -0.4 is 18.9 Å². The molecule has 0 aromatic heterocycles. The SMILES string of the molecule is COc1ccc(OC)c(S(=O)(=O)NC(=O)Oc2ccccc2)c1. The van der Waals surface area contributed by atoms with Crippen molar-refractivity contribution in [1.29, 1.82) is 0 Å². The molecule has 1 amide bonds. The lowest BCUT2D eigenvalue weighted by Gasteiger charge is -2.12. The van der Waals surface area contributed by atoms with Gasteiger partial charge in [-0.3, -0.25) is 0 Å². The Balaban J connectivity index is 2.23. The van der Waals surface area contributed by atoms with Gasteiger partial charge in [-0.15, -0.1) is 0 Å². The second-order valence-electron chi connectivity index (χ2n) is 4.32. The zero-order chi connectivity index (χ0) is 16.9. The molecule has 2 aromatic rings. The number of methoxy groups -OCH3 is 2. The average molecular weight is 337 g/mol. The molecule has 0 aliphatic heterocycles. The van der Waals surface area contributed by atoms with Gasteiger partial charge in [-0.05, 0) is 24.3 Å². The molecule has 2 aromatic carbocycles. The quantitative estimate of drug-likeness (QED) is 0.899. The fourth-order valence-electron chi connectivity index (χ4n) is 1.78. The number of benzene rings is 2. The molecule has 0 saturated carbocycles. The fourth-order valence-corrected chi connectivity index (χ4v) is 2.83. The van der Waals surface area contributed by atoms with Gasteiger partial charge < -0.3 is 14.2 Å². The van der Waals surface area contributed by atoms with Gasteiger partial charge in [0, 0.05) is 6.07 Å². The van der Waals surface area contributed by atoms with Gasteiger partial charge in [0.25, 0.3) is 10.0 Å². The summed E-state index contributed by atoms with van der Waals surface area (Å²) in [5, 5.41) is 0. The maximum absolute atomic E-state index is 12.3. The van der Waals surface area contributed by atoms with Crippen molar-refractivity contribution in [3.05, 3.63) is 48.5 Å². The number of ether oxygens (including phenoxy) is 3. The highest BCUT2D eigenvalue weighted by Crippen LogP contribution is 2.28. The van der Waals surface area contributed by atoms with E-state index in [0.29, 0.717) is 5.75 Å². The molecule has 0 radical (unpaired) electrons. The number of carbonyl (C=O) groups excluding carboxylic acids is 1. The van der Waals surface area contributed by atoms with Gasteiger partial charge in [-0.1, -0.05) is 18.2 Å². The largest absolute Gasteiger partial charge is 0.497 e. The smallest absolute Gasteiger partial charge is 0.426 e. The molecule has 23 heavy (non-hydrogen) atoms. The van der Waals surface area contributed by atoms with Crippen LogP contribution in [0.2, 0.25) is 0 Å². The van der Waals surface area contributed by atoms with Gasteiger partial charge in [0.1, 0.15) is 22.1 Å². The molecule has 0 unspecified atom stereocenters. The normalized spacial score (nSPS) is 10.7. The summed E-state index contributed by atoms with van der Waals surface area (Å²) < 4.78 is 41.4. The van der Waals surface area contributed by atoms with Crippen molar-refractivity contribution < 1.29 is 27.4 Å². The van der Waals surface area contributed by atoms with E-state index >= 15 is 0 Å². The molecule has 0 bridgehead atoms. The highest BCUT2D eigenvalue weighted by atomic mass is 32.2. The molecule has 0 spiro atoms. The first-order valence-electron chi connectivity index (χ1n) is 6.48. The lowest BCUT2D eigenvalue weighted by molar-refractivity contribution is 0.207. The van der Waals surface area contributed by atoms with E-state index < -0.39 is 16.1 Å². The lowest BCUT2D eigenvalue weighted by Crippen LogP contribution is -2.33. The Labute approximate surface area is 133 Å². The number of hydrogen-bond donors (Lipinski definition) is 1. The standard InChI is InChI=1S/C15H15NO6S/c1-20-12-8-9-13(21-2)14(10-12)23(18,19)16-15(17)22-11-6-4-3-5-7-11/h3-10H,1-2H3,(H,16,17). The van der Waals surface area contributed by atoms with Crippen LogP contribution >= 0.6 is 0 Å². The summed E-state index contributed by atoms with van der Waals surface area (Å²) in [6.07, 6.45) is -1.12. The Kier molecular flexibility index (Phi) is 5.07. The minimum Gasteiger partial charge on any atom is -0.497 e. The average Bonchev–Trinajstić information content (AvgIpc) is 2.54. The molecule has 1 N–H and O–H groups in total. The maximum atomic E-state index is 12.3. The number of amides is 1. The summed E-state index contributed by atoms with van der Waals surface area (Å²) in [4.78, 5) is 11.5. The van der Waals surface area contributed by atoms with Gasteiger partial charge in [0.15, 0.2) is 0 Å². The molecule has 0 saturated heterocycles. The van der Waals surface area contributed by atoms with Crippen LogP contribution in [0.5, 0.6) is 17.2 Å². The molecular weight excluding hydrogens is 322 g/mol. The molecule has 0 aliphatic rings. The highest BCUT2D eigenvalue weighted by Gasteiger charge is 2.24. The van der Waals surface area contributed by atoms with Crippen molar-refractivity contribution in [3.63, 3.8) is 0 Å². The summed E-state index contributed by atoms with van der Waals surface area (Å²) in [6.45, 7) is 0. The van der Waals surface area contributed by atoms with Crippen LogP contribution in [-0.4, -0.2) is 28.7 Å². The Hall–Kier alpha value is -2.74. The molecule has 0 heterocycles. The van der Waals surface area contributed by atoms with E-state index in [1.807, 2.05) is 4.72 Å². The Bertz CT molecular complexity index is 789. The van der Waals surface area contributed by atoms with Crippen LogP contribution in [0, 0.1) is 0 Å². The zero-order valence-electron chi connectivity index (χ0n) is 12.5.